The first-order chi connectivity index (χ1) is 10.7. The Bertz CT molecular complexity index is 912. The molecule has 0 unspecified atom stereocenters. The van der Waals surface area contributed by atoms with Crippen LogP contribution < -0.4 is 5.73 Å². The predicted octanol–water partition coefficient (Wildman–Crippen LogP) is 2.19. The lowest BCUT2D eigenvalue weighted by atomic mass is 9.99. The fourth-order valence-electron chi connectivity index (χ4n) is 2.43. The van der Waals surface area contributed by atoms with Crippen molar-refractivity contribution in [3.63, 3.8) is 0 Å². The topological polar surface area (TPSA) is 92.7 Å². The SMILES string of the molecule is N#Cc1ccnc2ccc(Cc3cnccc3C(N)=O)cc12. The number of amides is 1. The summed E-state index contributed by atoms with van der Waals surface area (Å²) in [4.78, 5) is 19.8. The number of pyridine rings is 2. The van der Waals surface area contributed by atoms with E-state index in [-0.39, 0.29) is 0 Å². The van der Waals surface area contributed by atoms with E-state index in [1.807, 2.05) is 18.2 Å². The van der Waals surface area contributed by atoms with Gasteiger partial charge in [0.25, 0.3) is 0 Å². The summed E-state index contributed by atoms with van der Waals surface area (Å²) in [6.45, 7) is 0. The van der Waals surface area contributed by atoms with Gasteiger partial charge in [-0.25, -0.2) is 0 Å². The molecule has 3 rings (SSSR count). The second-order valence-corrected chi connectivity index (χ2v) is 4.90. The molecule has 0 fully saturated rings. The molecule has 2 heterocycles. The van der Waals surface area contributed by atoms with Crippen LogP contribution in [0.3, 0.4) is 0 Å². The van der Waals surface area contributed by atoms with E-state index in [2.05, 4.69) is 16.0 Å². The average molecular weight is 288 g/mol. The van der Waals surface area contributed by atoms with Gasteiger partial charge in [-0.3, -0.25) is 14.8 Å². The van der Waals surface area contributed by atoms with Crippen molar-refractivity contribution in [3.8, 4) is 6.07 Å². The lowest BCUT2D eigenvalue weighted by molar-refractivity contribution is 0.0999. The number of aromatic nitrogens is 2. The highest BCUT2D eigenvalue weighted by molar-refractivity contribution is 5.94. The van der Waals surface area contributed by atoms with Crippen molar-refractivity contribution in [1.29, 1.82) is 5.26 Å². The van der Waals surface area contributed by atoms with Crippen LogP contribution in [-0.2, 0) is 6.42 Å². The molecule has 0 saturated carbocycles. The first kappa shape index (κ1) is 13.7. The molecule has 3 aromatic rings. The van der Waals surface area contributed by atoms with Gasteiger partial charge in [0, 0.05) is 29.5 Å². The number of nitriles is 1. The molecule has 0 radical (unpaired) electrons. The zero-order valence-electron chi connectivity index (χ0n) is 11.7. The van der Waals surface area contributed by atoms with Gasteiger partial charge in [0.15, 0.2) is 0 Å². The number of carbonyl (C=O) groups excluding carboxylic acids is 1. The second kappa shape index (κ2) is 5.62. The van der Waals surface area contributed by atoms with E-state index in [1.54, 1.807) is 30.7 Å². The second-order valence-electron chi connectivity index (χ2n) is 4.90. The van der Waals surface area contributed by atoms with Crippen molar-refractivity contribution in [2.75, 3.05) is 0 Å². The first-order valence-corrected chi connectivity index (χ1v) is 6.69. The lowest BCUT2D eigenvalue weighted by Crippen LogP contribution is -2.14. The minimum Gasteiger partial charge on any atom is -0.366 e. The summed E-state index contributed by atoms with van der Waals surface area (Å²) in [5, 5.41) is 9.98. The predicted molar refractivity (Wildman–Crippen MR) is 82.0 cm³/mol. The van der Waals surface area contributed by atoms with Gasteiger partial charge in [0.05, 0.1) is 17.1 Å². The minimum atomic E-state index is -0.474. The lowest BCUT2D eigenvalue weighted by Gasteiger charge is -2.07. The van der Waals surface area contributed by atoms with Gasteiger partial charge in [-0.15, -0.1) is 0 Å². The molecule has 0 saturated heterocycles. The van der Waals surface area contributed by atoms with Gasteiger partial charge in [0.2, 0.25) is 5.91 Å². The Morgan fingerprint density at radius 2 is 2.09 bits per heavy atom. The van der Waals surface area contributed by atoms with Gasteiger partial charge < -0.3 is 5.73 Å². The molecular weight excluding hydrogens is 276 g/mol. The number of nitrogens with two attached hydrogens (primary N) is 1. The van der Waals surface area contributed by atoms with Crippen LogP contribution in [0.15, 0.2) is 48.9 Å². The highest BCUT2D eigenvalue weighted by Crippen LogP contribution is 2.20. The molecule has 22 heavy (non-hydrogen) atoms. The maximum absolute atomic E-state index is 11.5. The van der Waals surface area contributed by atoms with Gasteiger partial charge in [0.1, 0.15) is 0 Å². The molecule has 5 nitrogen and oxygen atoms in total. The Morgan fingerprint density at radius 1 is 1.23 bits per heavy atom. The summed E-state index contributed by atoms with van der Waals surface area (Å²) in [6, 6.07) is 11.2. The standard InChI is InChI=1S/C17H12N4O/c18-9-12-3-6-21-16-2-1-11(8-15(12)16)7-13-10-20-5-4-14(13)17(19)22/h1-6,8,10H,7H2,(H2,19,22). The van der Waals surface area contributed by atoms with E-state index in [0.717, 1.165) is 22.0 Å². The molecule has 1 aromatic carbocycles. The molecule has 0 aliphatic carbocycles. The van der Waals surface area contributed by atoms with Crippen LogP contribution in [0.4, 0.5) is 0 Å². The van der Waals surface area contributed by atoms with Crippen molar-refractivity contribution in [2.24, 2.45) is 5.73 Å². The summed E-state index contributed by atoms with van der Waals surface area (Å²) in [5.74, 6) is -0.474. The fraction of sp³-hybridized carbons (Fsp3) is 0.0588. The summed E-state index contributed by atoms with van der Waals surface area (Å²) >= 11 is 0. The van der Waals surface area contributed by atoms with Crippen LogP contribution >= 0.6 is 0 Å². The summed E-state index contributed by atoms with van der Waals surface area (Å²) in [7, 11) is 0. The first-order valence-electron chi connectivity index (χ1n) is 6.69. The van der Waals surface area contributed by atoms with Crippen molar-refractivity contribution in [3.05, 3.63) is 71.2 Å². The van der Waals surface area contributed by atoms with Gasteiger partial charge in [-0.1, -0.05) is 6.07 Å². The van der Waals surface area contributed by atoms with Crippen LogP contribution in [0.25, 0.3) is 10.9 Å². The molecule has 106 valence electrons. The maximum Gasteiger partial charge on any atom is 0.249 e. The maximum atomic E-state index is 11.5. The van der Waals surface area contributed by atoms with E-state index in [9.17, 15) is 10.1 Å². The zero-order chi connectivity index (χ0) is 15.5. The largest absolute Gasteiger partial charge is 0.366 e. The highest BCUT2D eigenvalue weighted by atomic mass is 16.1. The van der Waals surface area contributed by atoms with E-state index in [0.29, 0.717) is 17.5 Å². The molecule has 0 aliphatic heterocycles. The van der Waals surface area contributed by atoms with Crippen LogP contribution in [0.1, 0.15) is 27.0 Å². The third-order valence-electron chi connectivity index (χ3n) is 3.49. The number of fused-ring (bicyclic) bond motifs is 1. The minimum absolute atomic E-state index is 0.460. The Morgan fingerprint density at radius 3 is 2.86 bits per heavy atom. The number of hydrogen-bond donors (Lipinski definition) is 1. The molecule has 0 atom stereocenters. The van der Waals surface area contributed by atoms with Gasteiger partial charge in [-0.2, -0.15) is 5.26 Å². The van der Waals surface area contributed by atoms with Crippen LogP contribution in [0.2, 0.25) is 0 Å². The third-order valence-corrected chi connectivity index (χ3v) is 3.49. The molecule has 2 N–H and O–H groups in total. The number of nitrogens with zero attached hydrogens (tertiary/aromatic N) is 3. The third kappa shape index (κ3) is 2.50. The summed E-state index contributed by atoms with van der Waals surface area (Å²) < 4.78 is 0. The Labute approximate surface area is 127 Å². The van der Waals surface area contributed by atoms with E-state index in [4.69, 9.17) is 5.73 Å². The highest BCUT2D eigenvalue weighted by Gasteiger charge is 2.09. The van der Waals surface area contributed by atoms with E-state index < -0.39 is 5.91 Å². The average Bonchev–Trinajstić information content (AvgIpc) is 2.54. The molecular formula is C17H12N4O. The smallest absolute Gasteiger partial charge is 0.249 e. The molecule has 0 aliphatic rings. The van der Waals surface area contributed by atoms with Gasteiger partial charge >= 0.3 is 0 Å². The van der Waals surface area contributed by atoms with Crippen LogP contribution in [0, 0.1) is 11.3 Å². The number of rotatable bonds is 3. The summed E-state index contributed by atoms with van der Waals surface area (Å²) in [5.41, 5.74) is 8.92. The Hall–Kier alpha value is -3.26. The molecule has 5 heteroatoms. The monoisotopic (exact) mass is 288 g/mol. The number of primary amides is 1. The van der Waals surface area contributed by atoms with Gasteiger partial charge in [-0.05, 0) is 41.8 Å². The Kier molecular flexibility index (Phi) is 3.50. The zero-order valence-corrected chi connectivity index (χ0v) is 11.7. The number of hydrogen-bond acceptors (Lipinski definition) is 4. The number of carbonyl (C=O) groups is 1. The van der Waals surface area contributed by atoms with Crippen molar-refractivity contribution in [2.45, 2.75) is 6.42 Å². The van der Waals surface area contributed by atoms with E-state index >= 15 is 0 Å². The van der Waals surface area contributed by atoms with Crippen molar-refractivity contribution in [1.82, 2.24) is 9.97 Å². The number of benzene rings is 1. The summed E-state index contributed by atoms with van der Waals surface area (Å²) in [6.07, 6.45) is 5.31. The van der Waals surface area contributed by atoms with Crippen LogP contribution in [0.5, 0.6) is 0 Å². The Balaban J connectivity index is 2.06. The fourth-order valence-corrected chi connectivity index (χ4v) is 2.43. The molecule has 0 spiro atoms. The van der Waals surface area contributed by atoms with E-state index in [1.165, 1.54) is 0 Å². The van der Waals surface area contributed by atoms with Crippen molar-refractivity contribution >= 4 is 16.8 Å². The van der Waals surface area contributed by atoms with Crippen molar-refractivity contribution < 1.29 is 4.79 Å². The molecule has 0 bridgehead atoms. The van der Waals surface area contributed by atoms with Crippen LogP contribution in [-0.4, -0.2) is 15.9 Å². The molecule has 1 amide bonds. The normalized spacial score (nSPS) is 10.3. The molecule has 2 aromatic heterocycles. The quantitative estimate of drug-likeness (QED) is 0.799.